The van der Waals surface area contributed by atoms with Gasteiger partial charge in [0.1, 0.15) is 16.0 Å². The molecule has 1 amide bonds. The van der Waals surface area contributed by atoms with Crippen molar-refractivity contribution in [2.24, 2.45) is 0 Å². The molecule has 0 bridgehead atoms. The Morgan fingerprint density at radius 2 is 2.04 bits per heavy atom. The standard InChI is InChI=1S/C19H19ClIN5O2/c1-28-17-10-13(2-3-15(17)20)24-6-8-25(9-7-24)18(27)12-26-11-14-16(23-26)4-5-22-19(14)21/h2-5,10-11H,6-9,12H2,1H3. The van der Waals surface area contributed by atoms with Crippen molar-refractivity contribution >= 4 is 56.7 Å². The molecule has 9 heteroatoms. The summed E-state index contributed by atoms with van der Waals surface area (Å²) in [5.41, 5.74) is 1.91. The molecule has 1 aromatic carbocycles. The maximum Gasteiger partial charge on any atom is 0.244 e. The summed E-state index contributed by atoms with van der Waals surface area (Å²) in [4.78, 5) is 21.1. The van der Waals surface area contributed by atoms with Crippen LogP contribution in [-0.2, 0) is 11.3 Å². The first-order valence-electron chi connectivity index (χ1n) is 8.89. The summed E-state index contributed by atoms with van der Waals surface area (Å²) in [6.07, 6.45) is 3.62. The number of anilines is 1. The average molecular weight is 512 g/mol. The number of hydrogen-bond acceptors (Lipinski definition) is 5. The molecule has 1 saturated heterocycles. The lowest BCUT2D eigenvalue weighted by Gasteiger charge is -2.36. The molecule has 1 aliphatic heterocycles. The Kier molecular flexibility index (Phi) is 5.58. The Morgan fingerprint density at radius 1 is 1.25 bits per heavy atom. The van der Waals surface area contributed by atoms with Crippen LogP contribution in [0.4, 0.5) is 5.69 Å². The minimum Gasteiger partial charge on any atom is -0.495 e. The number of piperazine rings is 1. The molecular formula is C19H19ClIN5O2. The number of methoxy groups -OCH3 is 1. The second-order valence-corrected chi connectivity index (χ2v) is 7.98. The molecule has 7 nitrogen and oxygen atoms in total. The van der Waals surface area contributed by atoms with Gasteiger partial charge in [-0.2, -0.15) is 5.10 Å². The van der Waals surface area contributed by atoms with Crippen molar-refractivity contribution in [1.82, 2.24) is 19.7 Å². The first-order valence-corrected chi connectivity index (χ1v) is 10.3. The third kappa shape index (κ3) is 3.88. The fraction of sp³-hybridized carbons (Fsp3) is 0.316. The summed E-state index contributed by atoms with van der Waals surface area (Å²) in [7, 11) is 1.61. The number of amides is 1. The molecule has 28 heavy (non-hydrogen) atoms. The van der Waals surface area contributed by atoms with Crippen molar-refractivity contribution in [1.29, 1.82) is 0 Å². The highest BCUT2D eigenvalue weighted by Gasteiger charge is 2.22. The van der Waals surface area contributed by atoms with Gasteiger partial charge < -0.3 is 14.5 Å². The molecule has 3 aromatic rings. The van der Waals surface area contributed by atoms with Crippen LogP contribution in [0.1, 0.15) is 0 Å². The number of nitrogens with zero attached hydrogens (tertiary/aromatic N) is 5. The summed E-state index contributed by atoms with van der Waals surface area (Å²) in [6.45, 7) is 3.10. The van der Waals surface area contributed by atoms with Crippen molar-refractivity contribution in [3.8, 4) is 5.75 Å². The molecule has 0 aliphatic carbocycles. The summed E-state index contributed by atoms with van der Waals surface area (Å²) in [6, 6.07) is 7.61. The predicted molar refractivity (Wildman–Crippen MR) is 117 cm³/mol. The molecule has 0 spiro atoms. The number of aromatic nitrogens is 3. The molecule has 0 radical (unpaired) electrons. The highest BCUT2D eigenvalue weighted by molar-refractivity contribution is 14.1. The van der Waals surface area contributed by atoms with Gasteiger partial charge in [-0.15, -0.1) is 0 Å². The Hall–Kier alpha value is -2.07. The maximum absolute atomic E-state index is 12.7. The third-order valence-electron chi connectivity index (χ3n) is 4.86. The van der Waals surface area contributed by atoms with E-state index in [-0.39, 0.29) is 12.5 Å². The molecule has 2 aromatic heterocycles. The topological polar surface area (TPSA) is 63.5 Å². The van der Waals surface area contributed by atoms with Gasteiger partial charge in [-0.3, -0.25) is 9.48 Å². The number of benzene rings is 1. The normalized spacial score (nSPS) is 14.5. The summed E-state index contributed by atoms with van der Waals surface area (Å²) < 4.78 is 7.89. The van der Waals surface area contributed by atoms with Crippen LogP contribution in [0.3, 0.4) is 0 Å². The SMILES string of the molecule is COc1cc(N2CCN(C(=O)Cn3cc4c(I)nccc4n3)CC2)ccc1Cl. The van der Waals surface area contributed by atoms with Crippen LogP contribution < -0.4 is 9.64 Å². The zero-order chi connectivity index (χ0) is 19.7. The monoisotopic (exact) mass is 511 g/mol. The van der Waals surface area contributed by atoms with E-state index in [9.17, 15) is 4.79 Å². The number of pyridine rings is 1. The van der Waals surface area contributed by atoms with Crippen molar-refractivity contribution in [3.63, 3.8) is 0 Å². The van der Waals surface area contributed by atoms with Gasteiger partial charge in [0.05, 0.1) is 23.0 Å². The van der Waals surface area contributed by atoms with E-state index in [1.165, 1.54) is 0 Å². The highest BCUT2D eigenvalue weighted by atomic mass is 127. The average Bonchev–Trinajstić information content (AvgIpc) is 3.12. The van der Waals surface area contributed by atoms with Crippen molar-refractivity contribution in [2.45, 2.75) is 6.54 Å². The van der Waals surface area contributed by atoms with Crippen LogP contribution in [0.5, 0.6) is 5.75 Å². The van der Waals surface area contributed by atoms with Gasteiger partial charge in [0.2, 0.25) is 5.91 Å². The van der Waals surface area contributed by atoms with Crippen molar-refractivity contribution < 1.29 is 9.53 Å². The lowest BCUT2D eigenvalue weighted by Crippen LogP contribution is -2.49. The molecule has 1 aliphatic rings. The van der Waals surface area contributed by atoms with Crippen molar-refractivity contribution in [2.75, 3.05) is 38.2 Å². The van der Waals surface area contributed by atoms with Crippen LogP contribution in [-0.4, -0.2) is 58.9 Å². The van der Waals surface area contributed by atoms with Gasteiger partial charge in [-0.1, -0.05) is 11.6 Å². The molecule has 0 N–H and O–H groups in total. The maximum atomic E-state index is 12.7. The van der Waals surface area contributed by atoms with Crippen LogP contribution in [0.2, 0.25) is 5.02 Å². The lowest BCUT2D eigenvalue weighted by molar-refractivity contribution is -0.132. The molecule has 146 valence electrons. The zero-order valence-electron chi connectivity index (χ0n) is 15.3. The van der Waals surface area contributed by atoms with Gasteiger partial charge >= 0.3 is 0 Å². The molecule has 0 unspecified atom stereocenters. The second kappa shape index (κ2) is 8.12. The predicted octanol–water partition coefficient (Wildman–Crippen LogP) is 3.05. The number of hydrogen-bond donors (Lipinski definition) is 0. The molecule has 0 saturated carbocycles. The molecule has 1 fully saturated rings. The fourth-order valence-electron chi connectivity index (χ4n) is 3.34. The van der Waals surface area contributed by atoms with Gasteiger partial charge in [-0.05, 0) is 40.8 Å². The quantitative estimate of drug-likeness (QED) is 0.398. The Morgan fingerprint density at radius 3 is 2.75 bits per heavy atom. The lowest BCUT2D eigenvalue weighted by atomic mass is 10.2. The molecule has 0 atom stereocenters. The minimum absolute atomic E-state index is 0.0733. The fourth-order valence-corrected chi connectivity index (χ4v) is 4.11. The Labute approximate surface area is 181 Å². The van der Waals surface area contributed by atoms with Gasteiger partial charge in [-0.25, -0.2) is 4.98 Å². The van der Waals surface area contributed by atoms with Crippen LogP contribution in [0, 0.1) is 3.70 Å². The van der Waals surface area contributed by atoms with E-state index in [1.54, 1.807) is 18.0 Å². The molecular weight excluding hydrogens is 493 g/mol. The van der Waals surface area contributed by atoms with Crippen molar-refractivity contribution in [3.05, 3.63) is 45.4 Å². The number of ether oxygens (including phenoxy) is 1. The highest BCUT2D eigenvalue weighted by Crippen LogP contribution is 2.29. The van der Waals surface area contributed by atoms with E-state index >= 15 is 0 Å². The number of fused-ring (bicyclic) bond motifs is 1. The summed E-state index contributed by atoms with van der Waals surface area (Å²) >= 11 is 8.29. The largest absolute Gasteiger partial charge is 0.495 e. The Balaban J connectivity index is 1.39. The first-order chi connectivity index (χ1) is 13.5. The summed E-state index contributed by atoms with van der Waals surface area (Å²) in [5, 5.41) is 6.05. The van der Waals surface area contributed by atoms with Crippen LogP contribution in [0.15, 0.2) is 36.7 Å². The van der Waals surface area contributed by atoms with Crippen LogP contribution in [0.25, 0.3) is 10.9 Å². The van der Waals surface area contributed by atoms with Gasteiger partial charge in [0.25, 0.3) is 0 Å². The van der Waals surface area contributed by atoms with E-state index in [0.717, 1.165) is 33.4 Å². The van der Waals surface area contributed by atoms with Crippen LogP contribution >= 0.6 is 34.2 Å². The minimum atomic E-state index is 0.0733. The van der Waals surface area contributed by atoms with E-state index in [1.807, 2.05) is 35.4 Å². The number of halogens is 2. The number of carbonyl (C=O) groups is 1. The molecule has 4 rings (SSSR count). The first kappa shape index (κ1) is 19.3. The van der Waals surface area contributed by atoms with E-state index in [2.05, 4.69) is 37.6 Å². The zero-order valence-corrected chi connectivity index (χ0v) is 18.2. The number of rotatable bonds is 4. The smallest absolute Gasteiger partial charge is 0.244 e. The third-order valence-corrected chi connectivity index (χ3v) is 6.03. The molecule has 3 heterocycles. The van der Waals surface area contributed by atoms with E-state index in [0.29, 0.717) is 23.9 Å². The summed E-state index contributed by atoms with van der Waals surface area (Å²) in [5.74, 6) is 0.733. The van der Waals surface area contributed by atoms with Gasteiger partial charge in [0.15, 0.2) is 0 Å². The van der Waals surface area contributed by atoms with Gasteiger partial charge in [0, 0.05) is 50.3 Å². The van der Waals surface area contributed by atoms with E-state index < -0.39 is 0 Å². The second-order valence-electron chi connectivity index (χ2n) is 6.55. The Bertz CT molecular complexity index is 1020. The number of carbonyl (C=O) groups excluding carboxylic acids is 1. The van der Waals surface area contributed by atoms with E-state index in [4.69, 9.17) is 16.3 Å².